The van der Waals surface area contributed by atoms with Crippen molar-refractivity contribution in [3.05, 3.63) is 35.0 Å². The molecule has 0 saturated carbocycles. The molecule has 0 radical (unpaired) electrons. The zero-order chi connectivity index (χ0) is 13.3. The molecule has 0 atom stereocenters. The normalized spacial score (nSPS) is 10.4. The third-order valence-electron chi connectivity index (χ3n) is 2.60. The average molecular weight is 245 g/mol. The third-order valence-corrected chi connectivity index (χ3v) is 2.60. The number of aromatic nitrogens is 3. The van der Waals surface area contributed by atoms with Crippen LogP contribution in [0.3, 0.4) is 0 Å². The molecule has 6 heteroatoms. The number of nitrogens with one attached hydrogen (secondary N) is 1. The van der Waals surface area contributed by atoms with Crippen LogP contribution in [0.4, 0.5) is 5.82 Å². The summed E-state index contributed by atoms with van der Waals surface area (Å²) in [5.74, 6) is -0.109. The van der Waals surface area contributed by atoms with Gasteiger partial charge in [0.1, 0.15) is 0 Å². The Morgan fingerprint density at radius 1 is 1.28 bits per heavy atom. The predicted molar refractivity (Wildman–Crippen MR) is 68.6 cm³/mol. The van der Waals surface area contributed by atoms with Crippen molar-refractivity contribution in [3.8, 4) is 5.69 Å². The summed E-state index contributed by atoms with van der Waals surface area (Å²) in [6, 6.07) is 5.92. The minimum atomic E-state index is -0.344. The van der Waals surface area contributed by atoms with E-state index in [1.54, 1.807) is 0 Å². The fraction of sp³-hybridized carbons (Fsp3) is 0.250. The minimum absolute atomic E-state index is 0.136. The molecular formula is C12H15N5O. The second kappa shape index (κ2) is 4.48. The maximum absolute atomic E-state index is 11.5. The molecule has 0 aliphatic carbocycles. The number of amides is 1. The molecular weight excluding hydrogens is 230 g/mol. The van der Waals surface area contributed by atoms with Crippen LogP contribution in [0.15, 0.2) is 18.2 Å². The van der Waals surface area contributed by atoms with Gasteiger partial charge in [0.15, 0.2) is 11.5 Å². The molecule has 2 aromatic rings. The van der Waals surface area contributed by atoms with Crippen molar-refractivity contribution in [1.82, 2.24) is 20.3 Å². The summed E-state index contributed by atoms with van der Waals surface area (Å²) in [5, 5.41) is 10.2. The van der Waals surface area contributed by atoms with Gasteiger partial charge in [-0.2, -0.15) is 4.68 Å². The zero-order valence-corrected chi connectivity index (χ0v) is 10.6. The van der Waals surface area contributed by atoms with Gasteiger partial charge in [-0.3, -0.25) is 4.79 Å². The molecule has 0 aliphatic heterocycles. The highest BCUT2D eigenvalue weighted by Crippen LogP contribution is 2.17. The first kappa shape index (κ1) is 12.1. The van der Waals surface area contributed by atoms with Gasteiger partial charge >= 0.3 is 0 Å². The number of anilines is 1. The number of carbonyl (C=O) groups is 1. The summed E-state index contributed by atoms with van der Waals surface area (Å²) >= 11 is 0. The number of hydrogen-bond donors (Lipinski definition) is 2. The Bertz CT molecular complexity index is 582. The summed E-state index contributed by atoms with van der Waals surface area (Å²) in [4.78, 5) is 11.5. The van der Waals surface area contributed by atoms with E-state index in [0.717, 1.165) is 16.8 Å². The summed E-state index contributed by atoms with van der Waals surface area (Å²) in [6.07, 6.45) is 0. The van der Waals surface area contributed by atoms with E-state index in [1.807, 2.05) is 26.0 Å². The van der Waals surface area contributed by atoms with Gasteiger partial charge in [0.2, 0.25) is 0 Å². The van der Waals surface area contributed by atoms with Crippen molar-refractivity contribution in [2.45, 2.75) is 13.8 Å². The molecule has 1 aromatic heterocycles. The first-order valence-electron chi connectivity index (χ1n) is 5.55. The fourth-order valence-electron chi connectivity index (χ4n) is 1.83. The van der Waals surface area contributed by atoms with E-state index in [0.29, 0.717) is 0 Å². The molecule has 0 bridgehead atoms. The lowest BCUT2D eigenvalue weighted by molar-refractivity contribution is 0.0959. The molecule has 0 spiro atoms. The van der Waals surface area contributed by atoms with Crippen LogP contribution in [0, 0.1) is 13.8 Å². The molecule has 0 unspecified atom stereocenters. The minimum Gasteiger partial charge on any atom is -0.382 e. The Morgan fingerprint density at radius 2 is 1.89 bits per heavy atom. The summed E-state index contributed by atoms with van der Waals surface area (Å²) in [6.45, 7) is 3.98. The Balaban J connectivity index is 2.52. The number of carbonyl (C=O) groups excluding carboxylic acids is 1. The van der Waals surface area contributed by atoms with Gasteiger partial charge in [-0.1, -0.05) is 11.3 Å². The number of nitrogen functional groups attached to an aromatic ring is 1. The number of benzene rings is 1. The van der Waals surface area contributed by atoms with Crippen molar-refractivity contribution in [1.29, 1.82) is 0 Å². The maximum Gasteiger partial charge on any atom is 0.275 e. The number of nitrogens with zero attached hydrogens (tertiary/aromatic N) is 3. The quantitative estimate of drug-likeness (QED) is 0.820. The summed E-state index contributed by atoms with van der Waals surface area (Å²) < 4.78 is 1.46. The second-order valence-corrected chi connectivity index (χ2v) is 4.16. The van der Waals surface area contributed by atoms with Crippen molar-refractivity contribution < 1.29 is 4.79 Å². The van der Waals surface area contributed by atoms with Crippen LogP contribution >= 0.6 is 0 Å². The van der Waals surface area contributed by atoms with Gasteiger partial charge in [-0.25, -0.2) is 0 Å². The van der Waals surface area contributed by atoms with E-state index < -0.39 is 0 Å². The topological polar surface area (TPSA) is 85.8 Å². The summed E-state index contributed by atoms with van der Waals surface area (Å²) in [7, 11) is 1.53. The molecule has 2 rings (SSSR count). The predicted octanol–water partition coefficient (Wildman–Crippen LogP) is 0.826. The molecule has 94 valence electrons. The van der Waals surface area contributed by atoms with Crippen LogP contribution in [0.2, 0.25) is 0 Å². The van der Waals surface area contributed by atoms with Gasteiger partial charge in [0.25, 0.3) is 5.91 Å². The largest absolute Gasteiger partial charge is 0.382 e. The smallest absolute Gasteiger partial charge is 0.275 e. The lowest BCUT2D eigenvalue weighted by Gasteiger charge is -2.06. The van der Waals surface area contributed by atoms with E-state index >= 15 is 0 Å². The lowest BCUT2D eigenvalue weighted by atomic mass is 10.1. The first-order valence-corrected chi connectivity index (χ1v) is 5.55. The van der Waals surface area contributed by atoms with Gasteiger partial charge in [0, 0.05) is 7.05 Å². The van der Waals surface area contributed by atoms with E-state index in [1.165, 1.54) is 11.7 Å². The number of aryl methyl sites for hydroxylation is 2. The van der Waals surface area contributed by atoms with Crippen LogP contribution in [0.1, 0.15) is 21.6 Å². The van der Waals surface area contributed by atoms with E-state index in [2.05, 4.69) is 21.7 Å². The van der Waals surface area contributed by atoms with E-state index in [9.17, 15) is 4.79 Å². The number of rotatable bonds is 2. The molecule has 3 N–H and O–H groups in total. The van der Waals surface area contributed by atoms with Crippen molar-refractivity contribution in [3.63, 3.8) is 0 Å². The Hall–Kier alpha value is -2.37. The van der Waals surface area contributed by atoms with Gasteiger partial charge in [-0.05, 0) is 37.1 Å². The maximum atomic E-state index is 11.5. The Kier molecular flexibility index (Phi) is 3.01. The highest BCUT2D eigenvalue weighted by atomic mass is 16.1. The molecule has 0 aliphatic rings. The van der Waals surface area contributed by atoms with Gasteiger partial charge < -0.3 is 11.1 Å². The van der Waals surface area contributed by atoms with E-state index in [-0.39, 0.29) is 17.4 Å². The van der Waals surface area contributed by atoms with Crippen molar-refractivity contribution in [2.75, 3.05) is 12.8 Å². The van der Waals surface area contributed by atoms with Crippen LogP contribution in [-0.4, -0.2) is 27.9 Å². The average Bonchev–Trinajstić information content (AvgIpc) is 2.69. The summed E-state index contributed by atoms with van der Waals surface area (Å²) in [5.41, 5.74) is 9.02. The second-order valence-electron chi connectivity index (χ2n) is 4.16. The third kappa shape index (κ3) is 2.04. The van der Waals surface area contributed by atoms with Crippen molar-refractivity contribution >= 4 is 11.7 Å². The molecule has 0 fully saturated rings. The van der Waals surface area contributed by atoms with Crippen molar-refractivity contribution in [2.24, 2.45) is 0 Å². The Morgan fingerprint density at radius 3 is 2.44 bits per heavy atom. The first-order chi connectivity index (χ1) is 8.52. The SMILES string of the molecule is CNC(=O)c1nnn(-c2cc(C)cc(C)c2)c1N. The fourth-order valence-corrected chi connectivity index (χ4v) is 1.83. The van der Waals surface area contributed by atoms with Crippen LogP contribution < -0.4 is 11.1 Å². The van der Waals surface area contributed by atoms with Crippen LogP contribution in [0.25, 0.3) is 5.69 Å². The van der Waals surface area contributed by atoms with E-state index in [4.69, 9.17) is 5.73 Å². The molecule has 0 saturated heterocycles. The monoisotopic (exact) mass is 245 g/mol. The zero-order valence-electron chi connectivity index (χ0n) is 10.6. The molecule has 6 nitrogen and oxygen atoms in total. The molecule has 1 aromatic carbocycles. The van der Waals surface area contributed by atoms with Gasteiger partial charge in [-0.15, -0.1) is 5.10 Å². The highest BCUT2D eigenvalue weighted by molar-refractivity contribution is 5.96. The molecule has 1 heterocycles. The number of hydrogen-bond acceptors (Lipinski definition) is 4. The van der Waals surface area contributed by atoms with Crippen LogP contribution in [-0.2, 0) is 0 Å². The highest BCUT2D eigenvalue weighted by Gasteiger charge is 2.17. The van der Waals surface area contributed by atoms with Crippen LogP contribution in [0.5, 0.6) is 0 Å². The Labute approximate surface area is 105 Å². The molecule has 18 heavy (non-hydrogen) atoms. The van der Waals surface area contributed by atoms with Gasteiger partial charge in [0.05, 0.1) is 5.69 Å². The lowest BCUT2D eigenvalue weighted by Crippen LogP contribution is -2.20. The molecule has 1 amide bonds. The number of nitrogens with two attached hydrogens (primary N) is 1. The standard InChI is InChI=1S/C12H15N5O/c1-7-4-8(2)6-9(5-7)17-11(13)10(15-16-17)12(18)14-3/h4-6H,13H2,1-3H3,(H,14,18).